The van der Waals surface area contributed by atoms with E-state index in [1.54, 1.807) is 50.5 Å². The molecule has 0 saturated carbocycles. The highest BCUT2D eigenvalue weighted by molar-refractivity contribution is 6.38. The lowest BCUT2D eigenvalue weighted by Gasteiger charge is -2.11. The van der Waals surface area contributed by atoms with Gasteiger partial charge < -0.3 is 15.0 Å². The molecule has 0 radical (unpaired) electrons. The number of carbonyl (C=O) groups excluding carboxylic acids is 2. The second kappa shape index (κ2) is 8.41. The molecule has 0 atom stereocenters. The highest BCUT2D eigenvalue weighted by Gasteiger charge is 2.12. The maximum absolute atomic E-state index is 12.2. The van der Waals surface area contributed by atoms with Crippen molar-refractivity contribution >= 4 is 51.6 Å². The van der Waals surface area contributed by atoms with Gasteiger partial charge in [-0.25, -0.2) is 9.97 Å². The van der Waals surface area contributed by atoms with Gasteiger partial charge in [0.25, 0.3) is 11.8 Å². The molecule has 7 nitrogen and oxygen atoms in total. The third-order valence-electron chi connectivity index (χ3n) is 3.78. The maximum Gasteiger partial charge on any atom is 0.262 e. The molecule has 0 aliphatic rings. The highest BCUT2D eigenvalue weighted by atomic mass is 35.5. The van der Waals surface area contributed by atoms with E-state index in [0.717, 1.165) is 0 Å². The first-order valence-corrected chi connectivity index (χ1v) is 8.95. The SMILES string of the molecule is CN(C)C(=O)c1ccc(NC(=O)COc2ncnc3c(Cl)cc(Cl)cc23)cc1. The molecule has 2 amide bonds. The van der Waals surface area contributed by atoms with Gasteiger partial charge in [0.2, 0.25) is 5.88 Å². The van der Waals surface area contributed by atoms with E-state index < -0.39 is 0 Å². The van der Waals surface area contributed by atoms with Crippen LogP contribution >= 0.6 is 23.2 Å². The summed E-state index contributed by atoms with van der Waals surface area (Å²) in [5, 5.41) is 3.99. The number of halogens is 2. The Morgan fingerprint density at radius 2 is 1.82 bits per heavy atom. The van der Waals surface area contributed by atoms with E-state index in [4.69, 9.17) is 27.9 Å². The van der Waals surface area contributed by atoms with Crippen LogP contribution in [0.1, 0.15) is 10.4 Å². The molecule has 0 fully saturated rings. The molecular formula is C19H16Cl2N4O3. The number of rotatable bonds is 5. The normalized spacial score (nSPS) is 10.6. The molecule has 1 N–H and O–H groups in total. The second-order valence-corrected chi connectivity index (χ2v) is 6.92. The fourth-order valence-electron chi connectivity index (χ4n) is 2.47. The summed E-state index contributed by atoms with van der Waals surface area (Å²) < 4.78 is 5.52. The summed E-state index contributed by atoms with van der Waals surface area (Å²) in [6, 6.07) is 9.76. The van der Waals surface area contributed by atoms with Crippen molar-refractivity contribution < 1.29 is 14.3 Å². The molecule has 0 saturated heterocycles. The van der Waals surface area contributed by atoms with E-state index in [1.807, 2.05) is 0 Å². The number of benzene rings is 2. The van der Waals surface area contributed by atoms with Crippen LogP contribution in [-0.4, -0.2) is 47.4 Å². The molecule has 9 heteroatoms. The zero-order chi connectivity index (χ0) is 20.3. The second-order valence-electron chi connectivity index (χ2n) is 6.08. The minimum atomic E-state index is -0.383. The summed E-state index contributed by atoms with van der Waals surface area (Å²) in [6.45, 7) is -0.269. The molecule has 0 unspecified atom stereocenters. The van der Waals surface area contributed by atoms with Crippen molar-refractivity contribution in [2.75, 3.05) is 26.0 Å². The third kappa shape index (κ3) is 4.49. The molecular weight excluding hydrogens is 403 g/mol. The smallest absolute Gasteiger partial charge is 0.262 e. The Kier molecular flexibility index (Phi) is 5.96. The number of hydrogen-bond acceptors (Lipinski definition) is 5. The van der Waals surface area contributed by atoms with Gasteiger partial charge in [0.05, 0.1) is 15.9 Å². The summed E-state index contributed by atoms with van der Waals surface area (Å²) in [5.41, 5.74) is 1.56. The first-order valence-electron chi connectivity index (χ1n) is 8.19. The number of hydrogen-bond donors (Lipinski definition) is 1. The van der Waals surface area contributed by atoms with Gasteiger partial charge in [-0.3, -0.25) is 9.59 Å². The molecule has 28 heavy (non-hydrogen) atoms. The zero-order valence-corrected chi connectivity index (χ0v) is 16.6. The minimum absolute atomic E-state index is 0.117. The van der Waals surface area contributed by atoms with Gasteiger partial charge in [-0.05, 0) is 36.4 Å². The molecule has 0 aliphatic carbocycles. The highest BCUT2D eigenvalue weighted by Crippen LogP contribution is 2.30. The quantitative estimate of drug-likeness (QED) is 0.683. The molecule has 0 spiro atoms. The fourth-order valence-corrected chi connectivity index (χ4v) is 3.01. The zero-order valence-electron chi connectivity index (χ0n) is 15.1. The van der Waals surface area contributed by atoms with E-state index in [1.165, 1.54) is 11.2 Å². The summed E-state index contributed by atoms with van der Waals surface area (Å²) in [6.07, 6.45) is 1.30. The van der Waals surface area contributed by atoms with Crippen molar-refractivity contribution in [1.82, 2.24) is 14.9 Å². The summed E-state index contributed by atoms with van der Waals surface area (Å²) in [7, 11) is 3.35. The van der Waals surface area contributed by atoms with E-state index >= 15 is 0 Å². The Labute approximate surface area is 171 Å². The van der Waals surface area contributed by atoms with Crippen molar-refractivity contribution in [2.24, 2.45) is 0 Å². The molecule has 3 aromatic rings. The Bertz CT molecular complexity index is 1040. The Morgan fingerprint density at radius 1 is 1.11 bits per heavy atom. The molecule has 1 aromatic heterocycles. The van der Waals surface area contributed by atoms with Gasteiger partial charge in [0, 0.05) is 30.4 Å². The van der Waals surface area contributed by atoms with Gasteiger partial charge in [-0.1, -0.05) is 23.2 Å². The minimum Gasteiger partial charge on any atom is -0.467 e. The number of fused-ring (bicyclic) bond motifs is 1. The molecule has 1 heterocycles. The number of aromatic nitrogens is 2. The van der Waals surface area contributed by atoms with Gasteiger partial charge in [0.15, 0.2) is 6.61 Å². The molecule has 3 rings (SSSR count). The van der Waals surface area contributed by atoms with Crippen LogP contribution in [0.4, 0.5) is 5.69 Å². The van der Waals surface area contributed by atoms with Crippen LogP contribution in [0.5, 0.6) is 5.88 Å². The largest absolute Gasteiger partial charge is 0.467 e. The Hall–Kier alpha value is -2.90. The first-order chi connectivity index (χ1) is 13.3. The number of ether oxygens (including phenoxy) is 1. The van der Waals surface area contributed by atoms with Crippen LogP contribution in [0.25, 0.3) is 10.9 Å². The molecule has 144 valence electrons. The molecule has 0 aliphatic heterocycles. The van der Waals surface area contributed by atoms with Gasteiger partial charge in [-0.2, -0.15) is 0 Å². The number of nitrogens with one attached hydrogen (secondary N) is 1. The van der Waals surface area contributed by atoms with Crippen molar-refractivity contribution in [1.29, 1.82) is 0 Å². The molecule has 0 bridgehead atoms. The lowest BCUT2D eigenvalue weighted by Crippen LogP contribution is -2.22. The summed E-state index contributed by atoms with van der Waals surface area (Å²) in [5.74, 6) is -0.294. The van der Waals surface area contributed by atoms with E-state index in [9.17, 15) is 9.59 Å². The van der Waals surface area contributed by atoms with Crippen molar-refractivity contribution in [3.05, 3.63) is 58.3 Å². The number of amides is 2. The van der Waals surface area contributed by atoms with Crippen molar-refractivity contribution in [3.8, 4) is 5.88 Å². The number of nitrogens with zero attached hydrogens (tertiary/aromatic N) is 3. The van der Waals surface area contributed by atoms with E-state index in [0.29, 0.717) is 32.2 Å². The molecule has 2 aromatic carbocycles. The van der Waals surface area contributed by atoms with Crippen LogP contribution in [-0.2, 0) is 4.79 Å². The lowest BCUT2D eigenvalue weighted by atomic mass is 10.2. The van der Waals surface area contributed by atoms with E-state index in [2.05, 4.69) is 15.3 Å². The average molecular weight is 419 g/mol. The average Bonchev–Trinajstić information content (AvgIpc) is 2.66. The van der Waals surface area contributed by atoms with Crippen LogP contribution in [0, 0.1) is 0 Å². The van der Waals surface area contributed by atoms with Crippen LogP contribution in [0.2, 0.25) is 10.0 Å². The topological polar surface area (TPSA) is 84.4 Å². The number of carbonyl (C=O) groups is 2. The standard InChI is InChI=1S/C19H16Cl2N4O3/c1-25(2)19(27)11-3-5-13(6-4-11)24-16(26)9-28-18-14-7-12(20)8-15(21)17(14)22-10-23-18/h3-8,10H,9H2,1-2H3,(H,24,26). The predicted molar refractivity (Wildman–Crippen MR) is 108 cm³/mol. The lowest BCUT2D eigenvalue weighted by molar-refractivity contribution is -0.118. The van der Waals surface area contributed by atoms with Crippen LogP contribution < -0.4 is 10.1 Å². The van der Waals surface area contributed by atoms with Gasteiger partial charge in [-0.15, -0.1) is 0 Å². The van der Waals surface area contributed by atoms with Crippen molar-refractivity contribution in [3.63, 3.8) is 0 Å². The summed E-state index contributed by atoms with van der Waals surface area (Å²) in [4.78, 5) is 33.7. The van der Waals surface area contributed by atoms with Gasteiger partial charge in [0.1, 0.15) is 6.33 Å². The first kappa shape index (κ1) is 19.9. The van der Waals surface area contributed by atoms with Crippen LogP contribution in [0.3, 0.4) is 0 Å². The maximum atomic E-state index is 12.2. The summed E-state index contributed by atoms with van der Waals surface area (Å²) >= 11 is 12.1. The van der Waals surface area contributed by atoms with Crippen LogP contribution in [0.15, 0.2) is 42.7 Å². The Balaban J connectivity index is 1.67. The van der Waals surface area contributed by atoms with Gasteiger partial charge >= 0.3 is 0 Å². The fraction of sp³-hybridized carbons (Fsp3) is 0.158. The predicted octanol–water partition coefficient (Wildman–Crippen LogP) is 3.66. The monoisotopic (exact) mass is 418 g/mol. The number of anilines is 1. The third-order valence-corrected chi connectivity index (χ3v) is 4.29. The van der Waals surface area contributed by atoms with E-state index in [-0.39, 0.29) is 24.3 Å². The Morgan fingerprint density at radius 3 is 2.50 bits per heavy atom. The van der Waals surface area contributed by atoms with Crippen molar-refractivity contribution in [2.45, 2.75) is 0 Å².